The zero-order chi connectivity index (χ0) is 10.4. The molecule has 0 nitrogen and oxygen atoms in total. The molecule has 0 radical (unpaired) electrons. The maximum absolute atomic E-state index is 2.48. The fourth-order valence-corrected chi connectivity index (χ4v) is 2.21. The minimum absolute atomic E-state index is 0.808. The molecule has 0 heterocycles. The number of hydrogen-bond donors (Lipinski definition) is 0. The summed E-state index contributed by atoms with van der Waals surface area (Å²) in [6.07, 6.45) is 2.57. The Hall–Kier alpha value is -0.0500. The smallest absolute Gasteiger partial charge is 0.00211 e. The van der Waals surface area contributed by atoms with E-state index >= 15 is 0 Å². The molecule has 0 saturated heterocycles. The van der Waals surface area contributed by atoms with E-state index in [9.17, 15) is 0 Å². The lowest BCUT2D eigenvalue weighted by Gasteiger charge is -2.15. The van der Waals surface area contributed by atoms with Crippen molar-refractivity contribution in [3.63, 3.8) is 0 Å². The summed E-state index contributed by atoms with van der Waals surface area (Å²) in [5.74, 6) is 1.66. The summed E-state index contributed by atoms with van der Waals surface area (Å²) in [5.41, 5.74) is 1.47. The first-order chi connectivity index (χ1) is 6.72. The van der Waals surface area contributed by atoms with E-state index in [0.717, 1.165) is 11.8 Å². The van der Waals surface area contributed by atoms with E-state index < -0.39 is 0 Å². The van der Waals surface area contributed by atoms with Gasteiger partial charge in [0.1, 0.15) is 0 Å². The van der Waals surface area contributed by atoms with Crippen molar-refractivity contribution in [1.82, 2.24) is 0 Å². The molecular formula is C13H19I. The molecule has 1 aromatic rings. The Morgan fingerprint density at radius 1 is 1.07 bits per heavy atom. The van der Waals surface area contributed by atoms with Crippen LogP contribution in [-0.2, 0) is 6.42 Å². The fraction of sp³-hybridized carbons (Fsp3) is 0.538. The first kappa shape index (κ1) is 12.0. The van der Waals surface area contributed by atoms with Crippen molar-refractivity contribution in [2.24, 2.45) is 11.8 Å². The summed E-state index contributed by atoms with van der Waals surface area (Å²) >= 11 is 2.48. The second kappa shape index (κ2) is 6.44. The van der Waals surface area contributed by atoms with Crippen molar-refractivity contribution in [3.05, 3.63) is 35.9 Å². The van der Waals surface area contributed by atoms with Crippen LogP contribution in [0.3, 0.4) is 0 Å². The molecule has 0 aliphatic rings. The van der Waals surface area contributed by atoms with E-state index in [1.807, 2.05) is 0 Å². The molecule has 2 atom stereocenters. The monoisotopic (exact) mass is 302 g/mol. The SMILES string of the molecule is C[C@H](Cc1ccccc1)C[C@@H](C)CI. The van der Waals surface area contributed by atoms with Gasteiger partial charge in [-0.1, -0.05) is 66.8 Å². The molecule has 0 unspecified atom stereocenters. The van der Waals surface area contributed by atoms with Gasteiger partial charge in [-0.05, 0) is 30.2 Å². The summed E-state index contributed by atoms with van der Waals surface area (Å²) in [6.45, 7) is 4.70. The van der Waals surface area contributed by atoms with E-state index in [1.54, 1.807) is 0 Å². The Balaban J connectivity index is 2.37. The van der Waals surface area contributed by atoms with Crippen molar-refractivity contribution < 1.29 is 0 Å². The molecule has 0 aliphatic heterocycles. The average Bonchev–Trinajstić information content (AvgIpc) is 2.19. The van der Waals surface area contributed by atoms with Crippen LogP contribution in [0, 0.1) is 11.8 Å². The predicted octanol–water partition coefficient (Wildman–Crippen LogP) is 4.33. The third-order valence-corrected chi connectivity index (χ3v) is 4.00. The van der Waals surface area contributed by atoms with E-state index in [0.29, 0.717) is 0 Å². The number of halogens is 1. The molecule has 0 amide bonds. The van der Waals surface area contributed by atoms with Gasteiger partial charge >= 0.3 is 0 Å². The minimum atomic E-state index is 0.808. The van der Waals surface area contributed by atoms with Crippen LogP contribution in [-0.4, -0.2) is 4.43 Å². The highest BCUT2D eigenvalue weighted by Crippen LogP contribution is 2.18. The van der Waals surface area contributed by atoms with Crippen LogP contribution >= 0.6 is 22.6 Å². The van der Waals surface area contributed by atoms with Crippen LogP contribution in [0.25, 0.3) is 0 Å². The first-order valence-electron chi connectivity index (χ1n) is 5.32. The molecular weight excluding hydrogens is 283 g/mol. The van der Waals surface area contributed by atoms with Crippen LogP contribution in [0.15, 0.2) is 30.3 Å². The van der Waals surface area contributed by atoms with Gasteiger partial charge in [-0.25, -0.2) is 0 Å². The van der Waals surface area contributed by atoms with Crippen LogP contribution in [0.4, 0.5) is 0 Å². The normalized spacial score (nSPS) is 15.1. The predicted molar refractivity (Wildman–Crippen MR) is 72.0 cm³/mol. The largest absolute Gasteiger partial charge is 0.0861 e. The molecule has 0 aliphatic carbocycles. The van der Waals surface area contributed by atoms with Crippen molar-refractivity contribution in [2.45, 2.75) is 26.7 Å². The van der Waals surface area contributed by atoms with Gasteiger partial charge in [-0.2, -0.15) is 0 Å². The third kappa shape index (κ3) is 4.45. The maximum Gasteiger partial charge on any atom is 0.00211 e. The maximum atomic E-state index is 2.48. The number of benzene rings is 1. The van der Waals surface area contributed by atoms with Crippen molar-refractivity contribution in [3.8, 4) is 0 Å². The second-order valence-corrected chi connectivity index (χ2v) is 5.17. The number of rotatable bonds is 5. The molecule has 0 fully saturated rings. The fourth-order valence-electron chi connectivity index (χ4n) is 1.85. The molecule has 0 bridgehead atoms. The number of hydrogen-bond acceptors (Lipinski definition) is 0. The Bertz CT molecular complexity index is 243. The summed E-state index contributed by atoms with van der Waals surface area (Å²) < 4.78 is 1.27. The lowest BCUT2D eigenvalue weighted by Crippen LogP contribution is -2.06. The Labute approximate surface area is 101 Å². The van der Waals surface area contributed by atoms with Crippen LogP contribution < -0.4 is 0 Å². The number of alkyl halides is 1. The molecule has 0 spiro atoms. The second-order valence-electron chi connectivity index (χ2n) is 4.29. The zero-order valence-corrected chi connectivity index (χ0v) is 11.2. The molecule has 0 N–H and O–H groups in total. The van der Waals surface area contributed by atoms with Crippen LogP contribution in [0.2, 0.25) is 0 Å². The highest BCUT2D eigenvalue weighted by Gasteiger charge is 2.07. The summed E-state index contributed by atoms with van der Waals surface area (Å²) in [5, 5.41) is 0. The molecule has 1 heteroatoms. The topological polar surface area (TPSA) is 0 Å². The van der Waals surface area contributed by atoms with Gasteiger partial charge in [0.05, 0.1) is 0 Å². The zero-order valence-electron chi connectivity index (χ0n) is 9.04. The van der Waals surface area contributed by atoms with Crippen molar-refractivity contribution in [2.75, 3.05) is 4.43 Å². The summed E-state index contributed by atoms with van der Waals surface area (Å²) in [6, 6.07) is 10.8. The van der Waals surface area contributed by atoms with Crippen LogP contribution in [0.1, 0.15) is 25.8 Å². The Kier molecular flexibility index (Phi) is 5.53. The van der Waals surface area contributed by atoms with E-state index in [4.69, 9.17) is 0 Å². The van der Waals surface area contributed by atoms with Gasteiger partial charge < -0.3 is 0 Å². The van der Waals surface area contributed by atoms with E-state index in [2.05, 4.69) is 66.8 Å². The molecule has 0 aromatic heterocycles. The van der Waals surface area contributed by atoms with Gasteiger partial charge in [0, 0.05) is 4.43 Å². The lowest BCUT2D eigenvalue weighted by molar-refractivity contribution is 0.445. The third-order valence-electron chi connectivity index (χ3n) is 2.50. The van der Waals surface area contributed by atoms with E-state index in [1.165, 1.54) is 22.8 Å². The van der Waals surface area contributed by atoms with Crippen molar-refractivity contribution in [1.29, 1.82) is 0 Å². The van der Waals surface area contributed by atoms with Gasteiger partial charge in [0.2, 0.25) is 0 Å². The molecule has 1 rings (SSSR count). The molecule has 0 saturated carbocycles. The summed E-state index contributed by atoms with van der Waals surface area (Å²) in [4.78, 5) is 0. The Morgan fingerprint density at radius 3 is 2.29 bits per heavy atom. The quantitative estimate of drug-likeness (QED) is 0.561. The van der Waals surface area contributed by atoms with Gasteiger partial charge in [-0.15, -0.1) is 0 Å². The standard InChI is InChI=1S/C13H19I/c1-11(8-12(2)10-14)9-13-6-4-3-5-7-13/h3-7,11-12H,8-10H2,1-2H3/t11-,12+/m0/s1. The van der Waals surface area contributed by atoms with Gasteiger partial charge in [0.15, 0.2) is 0 Å². The minimum Gasteiger partial charge on any atom is -0.0861 e. The molecule has 78 valence electrons. The van der Waals surface area contributed by atoms with Gasteiger partial charge in [-0.3, -0.25) is 0 Å². The first-order valence-corrected chi connectivity index (χ1v) is 6.84. The lowest BCUT2D eigenvalue weighted by atomic mass is 9.93. The van der Waals surface area contributed by atoms with E-state index in [-0.39, 0.29) is 0 Å². The highest BCUT2D eigenvalue weighted by atomic mass is 127. The molecule has 1 aromatic carbocycles. The summed E-state index contributed by atoms with van der Waals surface area (Å²) in [7, 11) is 0. The average molecular weight is 302 g/mol. The highest BCUT2D eigenvalue weighted by molar-refractivity contribution is 14.1. The Morgan fingerprint density at radius 2 is 1.71 bits per heavy atom. The van der Waals surface area contributed by atoms with Crippen LogP contribution in [0.5, 0.6) is 0 Å². The molecule has 14 heavy (non-hydrogen) atoms. The van der Waals surface area contributed by atoms with Gasteiger partial charge in [0.25, 0.3) is 0 Å². The van der Waals surface area contributed by atoms with Crippen molar-refractivity contribution >= 4 is 22.6 Å².